The zero-order chi connectivity index (χ0) is 13.2. The molecule has 1 aromatic rings. The van der Waals surface area contributed by atoms with Gasteiger partial charge in [-0.25, -0.2) is 9.78 Å². The molecule has 0 aromatic carbocycles. The molecule has 1 fully saturated rings. The largest absolute Gasteiger partial charge is 0.476 e. The molecule has 18 heavy (non-hydrogen) atoms. The Hall–Kier alpha value is -1.08. The minimum absolute atomic E-state index is 0.0541. The predicted molar refractivity (Wildman–Crippen MR) is 71.5 cm³/mol. The van der Waals surface area contributed by atoms with Crippen LogP contribution in [0.5, 0.6) is 0 Å². The van der Waals surface area contributed by atoms with Gasteiger partial charge in [-0.1, -0.05) is 0 Å². The van der Waals surface area contributed by atoms with Crippen molar-refractivity contribution in [2.75, 3.05) is 12.3 Å². The van der Waals surface area contributed by atoms with E-state index in [1.165, 1.54) is 12.6 Å². The molecule has 0 spiro atoms. The molecule has 5 nitrogen and oxygen atoms in total. The Labute approximate surface area is 113 Å². The molecule has 1 saturated heterocycles. The normalized spacial score (nSPS) is 22.9. The maximum atomic E-state index is 11.8. The topological polar surface area (TPSA) is 79.3 Å². The maximum absolute atomic E-state index is 11.8. The minimum Gasteiger partial charge on any atom is -0.476 e. The van der Waals surface area contributed by atoms with Crippen molar-refractivity contribution in [3.8, 4) is 0 Å². The van der Waals surface area contributed by atoms with Crippen molar-refractivity contribution in [1.29, 1.82) is 0 Å². The third-order valence-electron chi connectivity index (χ3n) is 2.84. The van der Waals surface area contributed by atoms with Gasteiger partial charge in [0.2, 0.25) is 5.01 Å². The molecule has 0 aliphatic carbocycles. The second kappa shape index (κ2) is 5.27. The number of nitrogens with one attached hydrogen (secondary N) is 1. The van der Waals surface area contributed by atoms with Crippen LogP contribution in [-0.4, -0.2) is 39.0 Å². The van der Waals surface area contributed by atoms with Crippen LogP contribution in [0, 0.1) is 0 Å². The highest BCUT2D eigenvalue weighted by Crippen LogP contribution is 2.37. The molecule has 98 valence electrons. The maximum Gasteiger partial charge on any atom is 0.365 e. The van der Waals surface area contributed by atoms with Crippen LogP contribution < -0.4 is 5.32 Å². The van der Waals surface area contributed by atoms with Crippen molar-refractivity contribution >= 4 is 35.0 Å². The van der Waals surface area contributed by atoms with E-state index in [4.69, 9.17) is 5.11 Å². The van der Waals surface area contributed by atoms with Gasteiger partial charge < -0.3 is 10.4 Å². The summed E-state index contributed by atoms with van der Waals surface area (Å²) in [5.74, 6) is -0.207. The molecule has 1 unspecified atom stereocenters. The van der Waals surface area contributed by atoms with Crippen LogP contribution in [-0.2, 0) is 0 Å². The smallest absolute Gasteiger partial charge is 0.365 e. The van der Waals surface area contributed by atoms with E-state index in [0.29, 0.717) is 11.4 Å². The number of amides is 1. The number of carbonyl (C=O) groups excluding carboxylic acids is 1. The van der Waals surface area contributed by atoms with Crippen LogP contribution in [0.1, 0.15) is 39.2 Å². The molecule has 1 atom stereocenters. The number of hydrogen-bond donors (Lipinski definition) is 2. The molecule has 1 aliphatic rings. The number of carbonyl (C=O) groups is 2. The first-order chi connectivity index (χ1) is 8.50. The van der Waals surface area contributed by atoms with E-state index in [1.807, 2.05) is 11.8 Å². The first-order valence-corrected chi connectivity index (χ1v) is 7.42. The molecule has 0 bridgehead atoms. The van der Waals surface area contributed by atoms with Gasteiger partial charge in [-0.2, -0.15) is 11.8 Å². The van der Waals surface area contributed by atoms with E-state index in [1.54, 1.807) is 0 Å². The third-order valence-corrected chi connectivity index (χ3v) is 5.36. The summed E-state index contributed by atoms with van der Waals surface area (Å²) in [7, 11) is 0. The first-order valence-electron chi connectivity index (χ1n) is 5.61. The molecule has 0 saturated carbocycles. The number of aromatic nitrogens is 1. The summed E-state index contributed by atoms with van der Waals surface area (Å²) in [6, 6.07) is 0. The molecule has 2 heterocycles. The average molecular weight is 286 g/mol. The lowest BCUT2D eigenvalue weighted by molar-refractivity contribution is 0.0696. The van der Waals surface area contributed by atoms with Crippen molar-refractivity contribution in [2.24, 2.45) is 0 Å². The summed E-state index contributed by atoms with van der Waals surface area (Å²) >= 11 is 2.77. The minimum atomic E-state index is -1.10. The van der Waals surface area contributed by atoms with E-state index in [9.17, 15) is 9.59 Å². The molecular formula is C11H14N2O3S2. The molecule has 2 N–H and O–H groups in total. The van der Waals surface area contributed by atoms with E-state index < -0.39 is 5.97 Å². The first kappa shape index (κ1) is 13.4. The number of hydrogen-bond acceptors (Lipinski definition) is 5. The Morgan fingerprint density at radius 2 is 2.39 bits per heavy atom. The van der Waals surface area contributed by atoms with Crippen LogP contribution in [0.4, 0.5) is 0 Å². The molecule has 2 rings (SSSR count). The van der Waals surface area contributed by atoms with Crippen LogP contribution in [0.15, 0.2) is 6.20 Å². The van der Waals surface area contributed by atoms with Crippen LogP contribution in [0.2, 0.25) is 0 Å². The zero-order valence-corrected chi connectivity index (χ0v) is 11.6. The van der Waals surface area contributed by atoms with Gasteiger partial charge in [-0.15, -0.1) is 11.3 Å². The van der Waals surface area contributed by atoms with Gasteiger partial charge in [0.25, 0.3) is 5.91 Å². The summed E-state index contributed by atoms with van der Waals surface area (Å²) < 4.78 is 0.107. The van der Waals surface area contributed by atoms with Gasteiger partial charge in [0.1, 0.15) is 4.88 Å². The van der Waals surface area contributed by atoms with E-state index in [-0.39, 0.29) is 15.7 Å². The SMILES string of the molecule is CC1(CNC(=O)c2cnc(C(=O)O)s2)CCCS1. The number of nitrogens with zero attached hydrogens (tertiary/aromatic N) is 1. The fourth-order valence-electron chi connectivity index (χ4n) is 1.81. The summed E-state index contributed by atoms with van der Waals surface area (Å²) in [6.45, 7) is 2.75. The van der Waals surface area contributed by atoms with Crippen molar-refractivity contribution in [3.05, 3.63) is 16.1 Å². The monoisotopic (exact) mass is 286 g/mol. The number of aromatic carboxylic acids is 1. The second-order valence-electron chi connectivity index (χ2n) is 4.42. The Morgan fingerprint density at radius 1 is 1.61 bits per heavy atom. The molecule has 0 radical (unpaired) electrons. The fourth-order valence-corrected chi connectivity index (χ4v) is 3.72. The fraction of sp³-hybridized carbons (Fsp3) is 0.545. The van der Waals surface area contributed by atoms with E-state index in [2.05, 4.69) is 17.2 Å². The molecule has 7 heteroatoms. The highest BCUT2D eigenvalue weighted by atomic mass is 32.2. The molecular weight excluding hydrogens is 272 g/mol. The lowest BCUT2D eigenvalue weighted by Gasteiger charge is -2.22. The Kier molecular flexibility index (Phi) is 3.91. The van der Waals surface area contributed by atoms with E-state index >= 15 is 0 Å². The summed E-state index contributed by atoms with van der Waals surface area (Å²) in [4.78, 5) is 26.5. The van der Waals surface area contributed by atoms with E-state index in [0.717, 1.165) is 23.5 Å². The van der Waals surface area contributed by atoms with Crippen LogP contribution in [0.25, 0.3) is 0 Å². The van der Waals surface area contributed by atoms with Crippen molar-refractivity contribution in [2.45, 2.75) is 24.5 Å². The summed E-state index contributed by atoms with van der Waals surface area (Å²) in [6.07, 6.45) is 3.59. The van der Waals surface area contributed by atoms with Crippen molar-refractivity contribution < 1.29 is 14.7 Å². The number of thiazole rings is 1. The lowest BCUT2D eigenvalue weighted by atomic mass is 10.1. The van der Waals surface area contributed by atoms with Crippen LogP contribution in [0.3, 0.4) is 0 Å². The molecule has 1 amide bonds. The van der Waals surface area contributed by atoms with Gasteiger partial charge in [-0.3, -0.25) is 4.79 Å². The highest BCUT2D eigenvalue weighted by Gasteiger charge is 2.30. The number of rotatable bonds is 4. The molecule has 1 aromatic heterocycles. The lowest BCUT2D eigenvalue weighted by Crippen LogP contribution is -2.36. The Morgan fingerprint density at radius 3 is 2.94 bits per heavy atom. The van der Waals surface area contributed by atoms with Gasteiger partial charge >= 0.3 is 5.97 Å². The van der Waals surface area contributed by atoms with Gasteiger partial charge in [-0.05, 0) is 25.5 Å². The zero-order valence-electron chi connectivity index (χ0n) is 9.93. The standard InChI is InChI=1S/C11H14N2O3S2/c1-11(3-2-4-17-11)6-13-8(14)7-5-12-9(18-7)10(15)16/h5H,2-4,6H2,1H3,(H,13,14)(H,15,16). The third kappa shape index (κ3) is 3.02. The Balaban J connectivity index is 1.93. The Bertz CT molecular complexity index is 467. The summed E-state index contributed by atoms with van der Waals surface area (Å²) in [5.41, 5.74) is 0. The highest BCUT2D eigenvalue weighted by molar-refractivity contribution is 8.00. The van der Waals surface area contributed by atoms with Gasteiger partial charge in [0, 0.05) is 11.3 Å². The number of thioether (sulfide) groups is 1. The van der Waals surface area contributed by atoms with Crippen molar-refractivity contribution in [1.82, 2.24) is 10.3 Å². The predicted octanol–water partition coefficient (Wildman–Crippen LogP) is 1.86. The van der Waals surface area contributed by atoms with Crippen molar-refractivity contribution in [3.63, 3.8) is 0 Å². The summed E-state index contributed by atoms with van der Waals surface area (Å²) in [5, 5.41) is 11.5. The second-order valence-corrected chi connectivity index (χ2v) is 7.13. The quantitative estimate of drug-likeness (QED) is 0.883. The van der Waals surface area contributed by atoms with Crippen LogP contribution >= 0.6 is 23.1 Å². The van der Waals surface area contributed by atoms with Gasteiger partial charge in [0.05, 0.1) is 6.20 Å². The number of carboxylic acids is 1. The number of carboxylic acid groups (broad SMARTS) is 1. The average Bonchev–Trinajstić information content (AvgIpc) is 2.95. The molecule has 1 aliphatic heterocycles. The van der Waals surface area contributed by atoms with Gasteiger partial charge in [0.15, 0.2) is 0 Å².